The van der Waals surface area contributed by atoms with Crippen LogP contribution in [-0.4, -0.2) is 46.5 Å². The maximum Gasteiger partial charge on any atom is 0.261 e. The molecular formula is C18H23FN4O2. The van der Waals surface area contributed by atoms with E-state index in [4.69, 9.17) is 0 Å². The minimum Gasteiger partial charge on any atom is -0.354 e. The molecule has 0 saturated carbocycles. The van der Waals surface area contributed by atoms with Crippen molar-refractivity contribution in [1.29, 1.82) is 0 Å². The number of carbonyl (C=O) groups is 1. The van der Waals surface area contributed by atoms with Crippen LogP contribution < -0.4 is 10.9 Å². The van der Waals surface area contributed by atoms with Crippen molar-refractivity contribution >= 4 is 16.8 Å². The van der Waals surface area contributed by atoms with E-state index in [-0.39, 0.29) is 17.8 Å². The summed E-state index contributed by atoms with van der Waals surface area (Å²) in [6.45, 7) is 5.79. The number of nitrogens with zero attached hydrogens (tertiary/aromatic N) is 3. The van der Waals surface area contributed by atoms with E-state index in [1.165, 1.54) is 35.9 Å². The molecule has 0 aliphatic carbocycles. The zero-order valence-electron chi connectivity index (χ0n) is 14.4. The van der Waals surface area contributed by atoms with Gasteiger partial charge in [0, 0.05) is 13.1 Å². The maximum absolute atomic E-state index is 13.3. The van der Waals surface area contributed by atoms with E-state index in [1.807, 2.05) is 0 Å². The zero-order valence-corrected chi connectivity index (χ0v) is 14.4. The summed E-state index contributed by atoms with van der Waals surface area (Å²) in [5.74, 6) is -0.389. The summed E-state index contributed by atoms with van der Waals surface area (Å²) >= 11 is 0. The summed E-state index contributed by atoms with van der Waals surface area (Å²) < 4.78 is 14.5. The second-order valence-electron chi connectivity index (χ2n) is 6.76. The number of likely N-dealkylation sites (tertiary alicyclic amines) is 1. The van der Waals surface area contributed by atoms with Gasteiger partial charge in [-0.05, 0) is 50.0 Å². The standard InChI is InChI=1S/C18H23FN4O2/c1-13(10-22-6-2-3-7-22)9-20-17(24)11-23-12-21-16-5-4-14(19)8-15(16)18(23)25/h4-5,8,12-13H,2-3,6-7,9-11H2,1H3,(H,20,24)/t13-/m1/s1. The Labute approximate surface area is 145 Å². The molecule has 1 aliphatic heterocycles. The number of hydrogen-bond donors (Lipinski definition) is 1. The van der Waals surface area contributed by atoms with Crippen LogP contribution in [0.2, 0.25) is 0 Å². The first-order valence-electron chi connectivity index (χ1n) is 8.66. The average Bonchev–Trinajstić information content (AvgIpc) is 3.09. The molecule has 1 N–H and O–H groups in total. The van der Waals surface area contributed by atoms with Gasteiger partial charge in [0.1, 0.15) is 12.4 Å². The molecule has 2 heterocycles. The molecule has 2 aromatic rings. The van der Waals surface area contributed by atoms with Gasteiger partial charge in [0.05, 0.1) is 17.2 Å². The normalized spacial score (nSPS) is 16.2. The van der Waals surface area contributed by atoms with Gasteiger partial charge in [-0.15, -0.1) is 0 Å². The van der Waals surface area contributed by atoms with E-state index in [1.54, 1.807) is 0 Å². The summed E-state index contributed by atoms with van der Waals surface area (Å²) in [6.07, 6.45) is 3.82. The molecule has 0 spiro atoms. The third-order valence-corrected chi connectivity index (χ3v) is 4.52. The minimum atomic E-state index is -0.496. The Balaban J connectivity index is 1.58. The van der Waals surface area contributed by atoms with Crippen molar-refractivity contribution in [1.82, 2.24) is 19.8 Å². The number of amides is 1. The van der Waals surface area contributed by atoms with Crippen LogP contribution in [0.15, 0.2) is 29.3 Å². The lowest BCUT2D eigenvalue weighted by atomic mass is 10.1. The Morgan fingerprint density at radius 2 is 2.12 bits per heavy atom. The van der Waals surface area contributed by atoms with Gasteiger partial charge in [0.15, 0.2) is 0 Å². The van der Waals surface area contributed by atoms with Crippen LogP contribution >= 0.6 is 0 Å². The number of benzene rings is 1. The Kier molecular flexibility index (Phi) is 5.43. The molecule has 134 valence electrons. The van der Waals surface area contributed by atoms with Gasteiger partial charge in [-0.25, -0.2) is 9.37 Å². The summed E-state index contributed by atoms with van der Waals surface area (Å²) in [6, 6.07) is 3.86. The highest BCUT2D eigenvalue weighted by molar-refractivity contribution is 5.78. The summed E-state index contributed by atoms with van der Waals surface area (Å²) in [7, 11) is 0. The molecule has 1 fully saturated rings. The number of aromatic nitrogens is 2. The van der Waals surface area contributed by atoms with E-state index < -0.39 is 11.4 Å². The molecule has 7 heteroatoms. The summed E-state index contributed by atoms with van der Waals surface area (Å²) in [5.41, 5.74) is 0.00654. The lowest BCUT2D eigenvalue weighted by Gasteiger charge is -2.20. The van der Waals surface area contributed by atoms with Crippen LogP contribution in [0.3, 0.4) is 0 Å². The highest BCUT2D eigenvalue weighted by Gasteiger charge is 2.15. The Morgan fingerprint density at radius 3 is 2.88 bits per heavy atom. The number of halogens is 1. The van der Waals surface area contributed by atoms with Crippen LogP contribution in [-0.2, 0) is 11.3 Å². The predicted molar refractivity (Wildman–Crippen MR) is 93.8 cm³/mol. The molecule has 0 unspecified atom stereocenters. The molecule has 1 amide bonds. The third kappa shape index (κ3) is 4.42. The minimum absolute atomic E-state index is 0.116. The Morgan fingerprint density at radius 1 is 1.36 bits per heavy atom. The number of carbonyl (C=O) groups excluding carboxylic acids is 1. The van der Waals surface area contributed by atoms with Gasteiger partial charge in [0.2, 0.25) is 5.91 Å². The van der Waals surface area contributed by atoms with E-state index in [2.05, 4.69) is 22.1 Å². The van der Waals surface area contributed by atoms with Crippen molar-refractivity contribution in [2.24, 2.45) is 5.92 Å². The molecular weight excluding hydrogens is 323 g/mol. The van der Waals surface area contributed by atoms with Crippen molar-refractivity contribution in [3.8, 4) is 0 Å². The van der Waals surface area contributed by atoms with Gasteiger partial charge in [-0.3, -0.25) is 14.2 Å². The number of nitrogens with one attached hydrogen (secondary N) is 1. The molecule has 1 aliphatic rings. The first-order chi connectivity index (χ1) is 12.0. The van der Waals surface area contributed by atoms with E-state index in [0.717, 1.165) is 25.7 Å². The van der Waals surface area contributed by atoms with Crippen molar-refractivity contribution in [2.45, 2.75) is 26.3 Å². The number of fused-ring (bicyclic) bond motifs is 1. The molecule has 25 heavy (non-hydrogen) atoms. The molecule has 1 aromatic heterocycles. The fourth-order valence-electron chi connectivity index (χ4n) is 3.21. The van der Waals surface area contributed by atoms with E-state index >= 15 is 0 Å². The Bertz CT molecular complexity index is 814. The second-order valence-corrected chi connectivity index (χ2v) is 6.76. The van der Waals surface area contributed by atoms with Gasteiger partial charge in [-0.2, -0.15) is 0 Å². The molecule has 0 radical (unpaired) electrons. The van der Waals surface area contributed by atoms with Crippen molar-refractivity contribution in [3.05, 3.63) is 40.7 Å². The summed E-state index contributed by atoms with van der Waals surface area (Å²) in [5, 5.41) is 3.04. The second kappa shape index (κ2) is 7.74. The van der Waals surface area contributed by atoms with Crippen LogP contribution in [0.4, 0.5) is 4.39 Å². The zero-order chi connectivity index (χ0) is 17.8. The fraction of sp³-hybridized carbons (Fsp3) is 0.500. The predicted octanol–water partition coefficient (Wildman–Crippen LogP) is 1.38. The number of hydrogen-bond acceptors (Lipinski definition) is 4. The van der Waals surface area contributed by atoms with Gasteiger partial charge >= 0.3 is 0 Å². The number of rotatable bonds is 6. The molecule has 1 saturated heterocycles. The van der Waals surface area contributed by atoms with Gasteiger partial charge < -0.3 is 10.2 Å². The average molecular weight is 346 g/mol. The maximum atomic E-state index is 13.3. The van der Waals surface area contributed by atoms with Crippen molar-refractivity contribution in [3.63, 3.8) is 0 Å². The molecule has 3 rings (SSSR count). The SMILES string of the molecule is C[C@H](CNC(=O)Cn1cnc2ccc(F)cc2c1=O)CN1CCCC1. The van der Waals surface area contributed by atoms with Crippen LogP contribution in [0.5, 0.6) is 0 Å². The van der Waals surface area contributed by atoms with Crippen molar-refractivity contribution < 1.29 is 9.18 Å². The van der Waals surface area contributed by atoms with Crippen LogP contribution in [0.1, 0.15) is 19.8 Å². The van der Waals surface area contributed by atoms with Crippen LogP contribution in [0, 0.1) is 11.7 Å². The molecule has 0 bridgehead atoms. The van der Waals surface area contributed by atoms with Gasteiger partial charge in [0.25, 0.3) is 5.56 Å². The van der Waals surface area contributed by atoms with E-state index in [0.29, 0.717) is 18.0 Å². The molecule has 6 nitrogen and oxygen atoms in total. The third-order valence-electron chi connectivity index (χ3n) is 4.52. The fourth-order valence-corrected chi connectivity index (χ4v) is 3.21. The first kappa shape index (κ1) is 17.5. The smallest absolute Gasteiger partial charge is 0.261 e. The van der Waals surface area contributed by atoms with Crippen LogP contribution in [0.25, 0.3) is 10.9 Å². The largest absolute Gasteiger partial charge is 0.354 e. The highest BCUT2D eigenvalue weighted by atomic mass is 19.1. The van der Waals surface area contributed by atoms with Crippen molar-refractivity contribution in [2.75, 3.05) is 26.2 Å². The summed E-state index contributed by atoms with van der Waals surface area (Å²) in [4.78, 5) is 31.0. The lowest BCUT2D eigenvalue weighted by molar-refractivity contribution is -0.121. The monoisotopic (exact) mass is 346 g/mol. The molecule has 1 aromatic carbocycles. The quantitative estimate of drug-likeness (QED) is 0.858. The highest BCUT2D eigenvalue weighted by Crippen LogP contribution is 2.10. The topological polar surface area (TPSA) is 67.2 Å². The Hall–Kier alpha value is -2.28. The first-order valence-corrected chi connectivity index (χ1v) is 8.66. The van der Waals surface area contributed by atoms with Gasteiger partial charge in [-0.1, -0.05) is 6.92 Å². The lowest BCUT2D eigenvalue weighted by Crippen LogP contribution is -2.37. The molecule has 1 atom stereocenters. The van der Waals surface area contributed by atoms with E-state index in [9.17, 15) is 14.0 Å².